The second-order valence-corrected chi connectivity index (χ2v) is 6.56. The van der Waals surface area contributed by atoms with Gasteiger partial charge in [0, 0.05) is 16.8 Å². The molecule has 26 heavy (non-hydrogen) atoms. The number of benzene rings is 2. The molecule has 0 aliphatic heterocycles. The molecule has 0 spiro atoms. The van der Waals surface area contributed by atoms with Gasteiger partial charge in [0.15, 0.2) is 0 Å². The minimum atomic E-state index is -4.52. The number of halogens is 3. The van der Waals surface area contributed by atoms with Crippen LogP contribution in [0.4, 0.5) is 24.8 Å². The van der Waals surface area contributed by atoms with Crippen molar-refractivity contribution in [2.75, 3.05) is 5.32 Å². The Labute approximate surface area is 153 Å². The topological polar surface area (TPSA) is 37.8 Å². The summed E-state index contributed by atoms with van der Waals surface area (Å²) in [5, 5.41) is 2.82. The first kappa shape index (κ1) is 18.3. The van der Waals surface area contributed by atoms with E-state index < -0.39 is 11.7 Å². The van der Waals surface area contributed by atoms with Crippen LogP contribution in [0.15, 0.2) is 70.7 Å². The largest absolute Gasteiger partial charge is 0.420 e. The Balaban J connectivity index is 1.90. The van der Waals surface area contributed by atoms with Crippen LogP contribution in [0.25, 0.3) is 0 Å². The summed E-state index contributed by atoms with van der Waals surface area (Å²) in [6.07, 6.45) is -2.78. The third kappa shape index (κ3) is 4.54. The van der Waals surface area contributed by atoms with Crippen molar-refractivity contribution in [1.29, 1.82) is 0 Å². The molecule has 0 unspecified atom stereocenters. The van der Waals surface area contributed by atoms with Crippen molar-refractivity contribution >= 4 is 23.4 Å². The molecule has 1 N–H and O–H groups in total. The van der Waals surface area contributed by atoms with E-state index in [-0.39, 0.29) is 11.0 Å². The van der Waals surface area contributed by atoms with Gasteiger partial charge in [0.1, 0.15) is 10.6 Å². The fraction of sp³-hybridized carbons (Fsp3) is 0.158. The molecule has 0 aliphatic rings. The SMILES string of the molecule is CCc1ccc(Nc2ncc(C(F)(F)F)c(Sc3ccccc3)n2)cc1. The molecular formula is C19H16F3N3S. The molecule has 3 nitrogen and oxygen atoms in total. The van der Waals surface area contributed by atoms with Gasteiger partial charge in [-0.05, 0) is 36.2 Å². The van der Waals surface area contributed by atoms with E-state index in [0.717, 1.165) is 30.1 Å². The van der Waals surface area contributed by atoms with Crippen LogP contribution in [0.2, 0.25) is 0 Å². The molecule has 7 heteroatoms. The van der Waals surface area contributed by atoms with Gasteiger partial charge in [-0.2, -0.15) is 13.2 Å². The van der Waals surface area contributed by atoms with E-state index in [1.54, 1.807) is 24.3 Å². The van der Waals surface area contributed by atoms with E-state index in [9.17, 15) is 13.2 Å². The third-order valence-electron chi connectivity index (χ3n) is 3.64. The monoisotopic (exact) mass is 375 g/mol. The first-order valence-corrected chi connectivity index (χ1v) is 8.80. The van der Waals surface area contributed by atoms with Gasteiger partial charge >= 0.3 is 6.18 Å². The predicted molar refractivity (Wildman–Crippen MR) is 96.7 cm³/mol. The van der Waals surface area contributed by atoms with E-state index in [1.165, 1.54) is 5.56 Å². The summed E-state index contributed by atoms with van der Waals surface area (Å²) in [5.41, 5.74) is 1.04. The van der Waals surface area contributed by atoms with Crippen molar-refractivity contribution in [1.82, 2.24) is 9.97 Å². The fourth-order valence-electron chi connectivity index (χ4n) is 2.25. The Kier molecular flexibility index (Phi) is 5.46. The zero-order valence-corrected chi connectivity index (χ0v) is 14.7. The second-order valence-electron chi connectivity index (χ2n) is 5.50. The summed E-state index contributed by atoms with van der Waals surface area (Å²) in [6.45, 7) is 2.05. The summed E-state index contributed by atoms with van der Waals surface area (Å²) in [4.78, 5) is 8.60. The molecule has 0 saturated heterocycles. The highest BCUT2D eigenvalue weighted by Gasteiger charge is 2.35. The van der Waals surface area contributed by atoms with Crippen LogP contribution < -0.4 is 5.32 Å². The number of nitrogens with zero attached hydrogens (tertiary/aromatic N) is 2. The lowest BCUT2D eigenvalue weighted by molar-refractivity contribution is -0.140. The van der Waals surface area contributed by atoms with Crippen LogP contribution in [0.5, 0.6) is 0 Å². The smallest absolute Gasteiger partial charge is 0.324 e. The number of hydrogen-bond donors (Lipinski definition) is 1. The van der Waals surface area contributed by atoms with Gasteiger partial charge in [-0.3, -0.25) is 0 Å². The number of aromatic nitrogens is 2. The maximum atomic E-state index is 13.3. The Morgan fingerprint density at radius 1 is 1.00 bits per heavy atom. The first-order chi connectivity index (χ1) is 12.5. The fourth-order valence-corrected chi connectivity index (χ4v) is 3.18. The summed E-state index contributed by atoms with van der Waals surface area (Å²) < 4.78 is 39.8. The molecule has 0 fully saturated rings. The summed E-state index contributed by atoms with van der Waals surface area (Å²) in [6, 6.07) is 16.4. The summed E-state index contributed by atoms with van der Waals surface area (Å²) in [7, 11) is 0. The van der Waals surface area contributed by atoms with Gasteiger partial charge in [-0.1, -0.05) is 49.0 Å². The van der Waals surface area contributed by atoms with E-state index in [2.05, 4.69) is 22.2 Å². The molecule has 0 aliphatic carbocycles. The van der Waals surface area contributed by atoms with Gasteiger partial charge in [-0.25, -0.2) is 9.97 Å². The van der Waals surface area contributed by atoms with Crippen LogP contribution in [0.3, 0.4) is 0 Å². The van der Waals surface area contributed by atoms with Crippen molar-refractivity contribution in [2.45, 2.75) is 29.4 Å². The van der Waals surface area contributed by atoms with Crippen molar-refractivity contribution in [3.8, 4) is 0 Å². The van der Waals surface area contributed by atoms with E-state index in [1.807, 2.05) is 30.3 Å². The molecule has 134 valence electrons. The number of hydrogen-bond acceptors (Lipinski definition) is 4. The van der Waals surface area contributed by atoms with Gasteiger partial charge in [0.2, 0.25) is 5.95 Å². The molecule has 0 radical (unpaired) electrons. The minimum Gasteiger partial charge on any atom is -0.324 e. The van der Waals surface area contributed by atoms with Crippen molar-refractivity contribution in [3.05, 3.63) is 71.9 Å². The van der Waals surface area contributed by atoms with Crippen LogP contribution in [-0.2, 0) is 12.6 Å². The lowest BCUT2D eigenvalue weighted by Crippen LogP contribution is -2.10. The highest BCUT2D eigenvalue weighted by Crippen LogP contribution is 2.38. The zero-order chi connectivity index (χ0) is 18.6. The lowest BCUT2D eigenvalue weighted by atomic mass is 10.1. The zero-order valence-electron chi connectivity index (χ0n) is 13.9. The predicted octanol–water partition coefficient (Wildman–Crippen LogP) is 5.95. The number of alkyl halides is 3. The molecule has 3 aromatic rings. The average Bonchev–Trinajstić information content (AvgIpc) is 2.62. The molecule has 0 amide bonds. The molecule has 0 bridgehead atoms. The highest BCUT2D eigenvalue weighted by molar-refractivity contribution is 7.99. The molecular weight excluding hydrogens is 359 g/mol. The van der Waals surface area contributed by atoms with E-state index >= 15 is 0 Å². The van der Waals surface area contributed by atoms with Gasteiger partial charge in [0.05, 0.1) is 0 Å². The van der Waals surface area contributed by atoms with Crippen LogP contribution in [0.1, 0.15) is 18.1 Å². The van der Waals surface area contributed by atoms with E-state index in [0.29, 0.717) is 4.90 Å². The molecule has 1 heterocycles. The number of nitrogens with one attached hydrogen (secondary N) is 1. The Morgan fingerprint density at radius 3 is 2.31 bits per heavy atom. The maximum absolute atomic E-state index is 13.3. The van der Waals surface area contributed by atoms with Crippen molar-refractivity contribution in [2.24, 2.45) is 0 Å². The second kappa shape index (κ2) is 7.78. The lowest BCUT2D eigenvalue weighted by Gasteiger charge is -2.13. The summed E-state index contributed by atoms with van der Waals surface area (Å²) in [5.74, 6) is 0.126. The third-order valence-corrected chi connectivity index (χ3v) is 4.65. The number of aryl methyl sites for hydroxylation is 1. The van der Waals surface area contributed by atoms with Crippen molar-refractivity contribution < 1.29 is 13.2 Å². The van der Waals surface area contributed by atoms with Crippen molar-refractivity contribution in [3.63, 3.8) is 0 Å². The molecule has 3 rings (SSSR count). The van der Waals surface area contributed by atoms with Crippen LogP contribution >= 0.6 is 11.8 Å². The average molecular weight is 375 g/mol. The number of anilines is 2. The Bertz CT molecular complexity index is 865. The van der Waals surface area contributed by atoms with Crippen LogP contribution in [0, 0.1) is 0 Å². The maximum Gasteiger partial charge on any atom is 0.420 e. The standard InChI is InChI=1S/C19H16F3N3S/c1-2-13-8-10-14(11-9-13)24-18-23-12-16(19(20,21)22)17(25-18)26-15-6-4-3-5-7-15/h3-12H,2H2,1H3,(H,23,24,25). The highest BCUT2D eigenvalue weighted by atomic mass is 32.2. The Morgan fingerprint density at radius 2 is 1.69 bits per heavy atom. The van der Waals surface area contributed by atoms with Gasteiger partial charge < -0.3 is 5.32 Å². The van der Waals surface area contributed by atoms with Gasteiger partial charge in [-0.15, -0.1) is 0 Å². The molecule has 0 atom stereocenters. The minimum absolute atomic E-state index is 0.126. The molecule has 1 aromatic heterocycles. The molecule has 0 saturated carbocycles. The Hall–Kier alpha value is -2.54. The van der Waals surface area contributed by atoms with Gasteiger partial charge in [0.25, 0.3) is 0 Å². The first-order valence-electron chi connectivity index (χ1n) is 7.99. The number of rotatable bonds is 5. The summed E-state index contributed by atoms with van der Waals surface area (Å²) >= 11 is 0.961. The van der Waals surface area contributed by atoms with Crippen LogP contribution in [-0.4, -0.2) is 9.97 Å². The normalized spacial score (nSPS) is 11.4. The quantitative estimate of drug-likeness (QED) is 0.559. The molecule has 2 aromatic carbocycles. The van der Waals surface area contributed by atoms with E-state index in [4.69, 9.17) is 0 Å².